The third-order valence-corrected chi connectivity index (χ3v) is 30.2. The van der Waals surface area contributed by atoms with E-state index in [4.69, 9.17) is 0 Å². The summed E-state index contributed by atoms with van der Waals surface area (Å²) in [7, 11) is -4.64. The van der Waals surface area contributed by atoms with Crippen molar-refractivity contribution in [2.75, 3.05) is 32.6 Å². The van der Waals surface area contributed by atoms with E-state index in [2.05, 4.69) is 20.9 Å². The molecule has 1 heterocycles. The van der Waals surface area contributed by atoms with E-state index in [9.17, 15) is 88.8 Å². The van der Waals surface area contributed by atoms with E-state index in [-0.39, 0.29) is 163 Å². The van der Waals surface area contributed by atoms with Crippen molar-refractivity contribution in [1.29, 1.82) is 0 Å². The molecule has 4 bridgehead atoms. The number of likely N-dealkylation sites (tertiary alicyclic amines) is 1. The van der Waals surface area contributed by atoms with E-state index in [0.29, 0.717) is 35.3 Å². The number of rotatable bonds is 45. The highest BCUT2D eigenvalue weighted by molar-refractivity contribution is 7.91. The number of piperidine rings is 1. The van der Waals surface area contributed by atoms with Gasteiger partial charge in [0.25, 0.3) is 0 Å². The molecule has 3 amide bonds. The highest BCUT2D eigenvalue weighted by Crippen LogP contribution is 2.63. The van der Waals surface area contributed by atoms with Gasteiger partial charge in [0.05, 0.1) is 39.8 Å². The number of nitrogens with one attached hydrogen (secondary N) is 3. The zero-order valence-corrected chi connectivity index (χ0v) is 82.9. The lowest BCUT2D eigenvalue weighted by atomic mass is 9.46. The molecular formula is C109H146N4O19S2. The lowest BCUT2D eigenvalue weighted by Crippen LogP contribution is -2.55. The summed E-state index contributed by atoms with van der Waals surface area (Å²) >= 11 is 0. The summed E-state index contributed by atoms with van der Waals surface area (Å²) in [5.41, 5.74) is 2.26. The molecule has 728 valence electrons. The van der Waals surface area contributed by atoms with E-state index in [1.165, 1.54) is 43.5 Å². The maximum atomic E-state index is 14.1. The fraction of sp³-hybridized carbons (Fsp3) is 0.550. The van der Waals surface area contributed by atoms with Gasteiger partial charge in [0, 0.05) is 111 Å². The summed E-state index contributed by atoms with van der Waals surface area (Å²) in [6.45, 7) is 28.7. The van der Waals surface area contributed by atoms with Gasteiger partial charge in [-0.15, -0.1) is 0 Å². The van der Waals surface area contributed by atoms with E-state index in [1.54, 1.807) is 90.9 Å². The Kier molecular flexibility index (Phi) is 40.6. The smallest absolute Gasteiger partial charge is 0.224 e. The van der Waals surface area contributed by atoms with Crippen LogP contribution in [0.15, 0.2) is 161 Å². The zero-order chi connectivity index (χ0) is 98.5. The molecule has 6 aromatic rings. The molecule has 5 fully saturated rings. The molecule has 3 N–H and O–H groups in total. The van der Waals surface area contributed by atoms with Crippen LogP contribution >= 0.6 is 0 Å². The Bertz CT molecular complexity index is 5370. The largest absolute Gasteiger partial charge is 0.346 e. The number of hydrogen-bond acceptors (Lipinski definition) is 20. The summed E-state index contributed by atoms with van der Waals surface area (Å²) in [6.07, 6.45) is 11.0. The number of amides is 3. The normalized spacial score (nSPS) is 18.8. The van der Waals surface area contributed by atoms with Crippen LogP contribution in [-0.2, 0) is 101 Å². The molecule has 0 spiro atoms. The molecule has 0 radical (unpaired) electrons. The van der Waals surface area contributed by atoms with Gasteiger partial charge in [-0.25, -0.2) is 16.8 Å². The SMILES string of the molecule is C.CC(C)[C@H](CC(=O)[C@H](C)NC(=O)[C@@H](CC(=O)C1CCN(C)CC1)C(C)(C)C)C(=O)C(=O)CCc1ccccc1.CC(C)[C@H](CC(=O)[C@H](C)NC(=O)[C@@H](CC(=O)c1cccc2ccccc12)C(C)(C)C)C(=O)C(=O)CCc1ccc(S(C)(=O)=O)cc1.CC(C)[C@H](CC(=O)[C@H](C)NC(=O)[C@@H](CC(=O)c1ccccc1)C12CC3CC(CC(C3)C1)C2)C(=O)C(=O)CCc1ccc(S(C)(=O)=O)cc1. The van der Waals surface area contributed by atoms with Crippen LogP contribution in [0.3, 0.4) is 0 Å². The minimum atomic E-state index is -3.34. The summed E-state index contributed by atoms with van der Waals surface area (Å²) in [4.78, 5) is 201. The first-order valence-corrected chi connectivity index (χ1v) is 51.2. The minimum Gasteiger partial charge on any atom is -0.346 e. The van der Waals surface area contributed by atoms with Gasteiger partial charge in [0.2, 0.25) is 35.1 Å². The Hall–Kier alpha value is -10.1. The van der Waals surface area contributed by atoms with Crippen LogP contribution in [0.5, 0.6) is 0 Å². The summed E-state index contributed by atoms with van der Waals surface area (Å²) in [6, 6.07) is 41.4. The molecule has 0 aromatic heterocycles. The predicted octanol–water partition coefficient (Wildman–Crippen LogP) is 17.1. The second-order valence-electron chi connectivity index (χ2n) is 41.5. The number of carbonyl (C=O) groups is 15. The third-order valence-electron chi connectivity index (χ3n) is 27.9. The van der Waals surface area contributed by atoms with Crippen molar-refractivity contribution in [2.45, 2.75) is 268 Å². The topological polar surface area (TPSA) is 364 Å². The standard InChI is InChI=1S/C39H49NO7S.C37H45NO7S.C32H48N2O5.CH4/c1-24(2)32(37(44)34(41)15-12-26-10-13-31(14-11-26)48(4,46)47)19-35(42)25(3)40-38(45)33(20-36(43)30-8-6-5-7-9-30)39-21-27-16-28(22-39)18-29(17-27)23-39;1-23(2)30(35(42)32(39)20-17-25-15-18-27(19-16-25)46(7,44)45)21-33(40)24(3)38-36(43)31(37(4,5)6)22-34(41)29-14-10-12-26-11-8-9-13-28(26)29;1-21(2)25(30(38)27(35)14-13-23-11-9-8-10-12-23)19-28(36)22(3)33-31(39)26(32(4,5)6)20-29(37)24-15-17-34(7)18-16-24;/h5-11,13-14,24-25,27-29,32-33H,12,15-23H2,1-4H3,(H,40,45);8-16,18-19,23-24,30-31H,17,20-22H2,1-7H3,(H,38,43);8-12,21-22,24-26H,13-20H2,1-7H3,(H,33,39);1H4/t25-,27?,28?,29?,32-,33+,39?;24-,30-,31+;22-,25-,26+;/m000./s1. The molecule has 1 aliphatic heterocycles. The number of ketones is 12. The summed E-state index contributed by atoms with van der Waals surface area (Å²) in [5, 5.41) is 10.3. The maximum Gasteiger partial charge on any atom is 0.224 e. The highest BCUT2D eigenvalue weighted by Gasteiger charge is 2.57. The molecular weight excluding hydrogens is 1730 g/mol. The first-order chi connectivity index (χ1) is 62.2. The molecule has 0 unspecified atom stereocenters. The van der Waals surface area contributed by atoms with Crippen LogP contribution in [-0.4, -0.2) is 160 Å². The number of fused-ring (bicyclic) bond motifs is 1. The van der Waals surface area contributed by atoms with Gasteiger partial charge < -0.3 is 20.9 Å². The lowest BCUT2D eigenvalue weighted by Gasteiger charge is -2.59. The van der Waals surface area contributed by atoms with Crippen molar-refractivity contribution in [2.24, 2.45) is 93.2 Å². The van der Waals surface area contributed by atoms with E-state index in [0.717, 1.165) is 85.2 Å². The number of carbonyl (C=O) groups excluding carboxylic acids is 15. The number of aryl methyl sites for hydroxylation is 3. The number of hydrogen-bond donors (Lipinski definition) is 3. The Morgan fingerprint density at radius 3 is 1.12 bits per heavy atom. The highest BCUT2D eigenvalue weighted by atomic mass is 32.2. The first-order valence-electron chi connectivity index (χ1n) is 47.4. The van der Waals surface area contributed by atoms with E-state index < -0.39 is 125 Å². The monoisotopic (exact) mass is 1880 g/mol. The molecule has 1 saturated heterocycles. The number of nitrogens with zero attached hydrogens (tertiary/aromatic N) is 1. The van der Waals surface area contributed by atoms with Crippen molar-refractivity contribution in [3.8, 4) is 0 Å². The second kappa shape index (κ2) is 49.1. The molecule has 25 heteroatoms. The van der Waals surface area contributed by atoms with Crippen LogP contribution in [0.25, 0.3) is 10.8 Å². The predicted molar refractivity (Wildman–Crippen MR) is 522 cm³/mol. The lowest BCUT2D eigenvalue weighted by molar-refractivity contribution is -0.144. The number of sulfone groups is 2. The Morgan fingerprint density at radius 1 is 0.403 bits per heavy atom. The molecule has 5 aliphatic rings. The number of Topliss-reactive ketones (excluding diaryl/α,β-unsaturated/α-hetero) is 12. The van der Waals surface area contributed by atoms with Gasteiger partial charge in [0.15, 0.2) is 65.9 Å². The van der Waals surface area contributed by atoms with Crippen LogP contribution in [0.2, 0.25) is 0 Å². The maximum absolute atomic E-state index is 14.1. The molecule has 9 atom stereocenters. The van der Waals surface area contributed by atoms with Crippen molar-refractivity contribution >= 4 is 118 Å². The van der Waals surface area contributed by atoms with Gasteiger partial charge in [0.1, 0.15) is 5.78 Å². The third kappa shape index (κ3) is 31.7. The number of benzene rings is 6. The van der Waals surface area contributed by atoms with Crippen LogP contribution in [0, 0.1) is 93.2 Å². The average molecular weight is 1880 g/mol. The quantitative estimate of drug-likeness (QED) is 0.0236. The van der Waals surface area contributed by atoms with E-state index >= 15 is 0 Å². The zero-order valence-electron chi connectivity index (χ0n) is 81.2. The second-order valence-corrected chi connectivity index (χ2v) is 45.5. The Labute approximate surface area is 795 Å². The van der Waals surface area contributed by atoms with Crippen molar-refractivity contribution in [3.63, 3.8) is 0 Å². The average Bonchev–Trinajstić information content (AvgIpc) is 0.730. The molecule has 134 heavy (non-hydrogen) atoms. The van der Waals surface area contributed by atoms with Crippen molar-refractivity contribution in [3.05, 3.63) is 179 Å². The summed E-state index contributed by atoms with van der Waals surface area (Å²) < 4.78 is 46.8. The minimum absolute atomic E-state index is 0. The van der Waals surface area contributed by atoms with Crippen LogP contribution < -0.4 is 16.0 Å². The Morgan fingerprint density at radius 2 is 0.746 bits per heavy atom. The van der Waals surface area contributed by atoms with Gasteiger partial charge >= 0.3 is 0 Å². The first kappa shape index (κ1) is 111. The molecule has 4 saturated carbocycles. The molecule has 11 rings (SSSR count). The van der Waals surface area contributed by atoms with Gasteiger partial charge in [-0.1, -0.05) is 218 Å². The van der Waals surface area contributed by atoms with Crippen molar-refractivity contribution in [1.82, 2.24) is 20.9 Å². The molecule has 6 aromatic carbocycles. The van der Waals surface area contributed by atoms with E-state index in [1.807, 2.05) is 147 Å². The van der Waals surface area contributed by atoms with Gasteiger partial charge in [-0.05, 0) is 215 Å². The molecule has 23 nitrogen and oxygen atoms in total. The van der Waals surface area contributed by atoms with Crippen molar-refractivity contribution < 1.29 is 88.8 Å². The Balaban J connectivity index is 0.000000275. The van der Waals surface area contributed by atoms with Crippen LogP contribution in [0.1, 0.15) is 258 Å². The van der Waals surface area contributed by atoms with Gasteiger partial charge in [-0.3, -0.25) is 71.9 Å². The fourth-order valence-corrected chi connectivity index (χ4v) is 20.9. The van der Waals surface area contributed by atoms with Gasteiger partial charge in [-0.2, -0.15) is 0 Å². The van der Waals surface area contributed by atoms with Crippen LogP contribution in [0.4, 0.5) is 0 Å². The summed E-state index contributed by atoms with van der Waals surface area (Å²) in [5.74, 6) is -8.82. The molecule has 4 aliphatic carbocycles. The fourth-order valence-electron chi connectivity index (χ4n) is 19.6.